The number of para-hydroxylation sites is 3. The zero-order valence-corrected chi connectivity index (χ0v) is 60.4. The average molecular weight is 1430 g/mol. The molecule has 0 aliphatic carbocycles. The molecule has 0 spiro atoms. The van der Waals surface area contributed by atoms with E-state index < -0.39 is 0 Å². The highest BCUT2D eigenvalue weighted by Crippen LogP contribution is 2.47. The van der Waals surface area contributed by atoms with Gasteiger partial charge in [0.2, 0.25) is 0 Å². The normalized spacial score (nSPS) is 12.1. The van der Waals surface area contributed by atoms with Gasteiger partial charge in [-0.2, -0.15) is 0 Å². The minimum atomic E-state index is 0.0322. The van der Waals surface area contributed by atoms with E-state index in [0.29, 0.717) is 40.8 Å². The van der Waals surface area contributed by atoms with Gasteiger partial charge in [-0.3, -0.25) is 0 Å². The third-order valence-corrected chi connectivity index (χ3v) is 21.5. The van der Waals surface area contributed by atoms with Gasteiger partial charge in [0.05, 0.1) is 28.1 Å². The van der Waals surface area contributed by atoms with Gasteiger partial charge in [0.15, 0.2) is 40.8 Å². The summed E-state index contributed by atoms with van der Waals surface area (Å²) in [5, 5.41) is 1.94. The van der Waals surface area contributed by atoms with Crippen LogP contribution in [0.5, 0.6) is 0 Å². The van der Waals surface area contributed by atoms with Gasteiger partial charge in [0, 0.05) is 101 Å². The molecule has 11 nitrogen and oxygen atoms in total. The fourth-order valence-corrected chi connectivity index (χ4v) is 16.3. The van der Waals surface area contributed by atoms with E-state index in [4.69, 9.17) is 39.9 Å². The largest absolute Gasteiger partial charge is 0.311 e. The Balaban J connectivity index is 0.752. The van der Waals surface area contributed by atoms with Crippen LogP contribution >= 0.6 is 0 Å². The number of anilines is 6. The third kappa shape index (κ3) is 11.6. The van der Waals surface area contributed by atoms with Crippen LogP contribution in [0, 0.1) is 0 Å². The highest BCUT2D eigenvalue weighted by Gasteiger charge is 2.43. The van der Waals surface area contributed by atoms with Crippen LogP contribution in [0.15, 0.2) is 388 Å². The molecule has 12 heteroatoms. The fourth-order valence-electron chi connectivity index (χ4n) is 16.3. The average Bonchev–Trinajstić information content (AvgIpc) is 0.805. The summed E-state index contributed by atoms with van der Waals surface area (Å²) in [6, 6.07) is 137. The van der Waals surface area contributed by atoms with Crippen LogP contribution in [0.4, 0.5) is 34.1 Å². The van der Waals surface area contributed by atoms with Crippen molar-refractivity contribution in [3.05, 3.63) is 388 Å². The molecule has 2 aliphatic heterocycles. The van der Waals surface area contributed by atoms with E-state index in [-0.39, 0.29) is 6.71 Å². The summed E-state index contributed by atoms with van der Waals surface area (Å²) in [5.74, 6) is 4.00. The first kappa shape index (κ1) is 65.2. The van der Waals surface area contributed by atoms with Crippen LogP contribution in [-0.4, -0.2) is 51.2 Å². The predicted octanol–water partition coefficient (Wildman–Crippen LogP) is 22.4. The van der Waals surface area contributed by atoms with Gasteiger partial charge in [0.25, 0.3) is 6.71 Å². The Morgan fingerprint density at radius 3 is 0.991 bits per heavy atom. The number of hydrogen-bond acceptors (Lipinski definition) is 10. The summed E-state index contributed by atoms with van der Waals surface area (Å²) in [5.41, 5.74) is 27.4. The standard InChI is InChI=1S/C100H64BN11/c1-8-28-67(29-9-1)84-64-85(68-30-10-2-11-31-68)103-98(102-84)74-54-57-86(79(61-74)66-52-50-65(51-53-66)73-40-26-43-78(60-73)111-90-47-25-23-45-83(90)101-82-44-22-24-46-89(82)110(77-41-20-7-21-42-77)91-48-27-49-92(111)93(91)101)112-87-58-55-75(99-106-94(69-32-12-3-13-33-69)104-95(107-99)70-34-14-4-15-35-70)62-80(87)81-63-76(56-59-88(81)112)100-108-96(71-36-16-5-17-37-71)105-97(109-100)72-38-18-6-19-39-72/h1-64H. The summed E-state index contributed by atoms with van der Waals surface area (Å²) in [6.45, 7) is 0.0322. The monoisotopic (exact) mass is 1430 g/mol. The second-order valence-corrected chi connectivity index (χ2v) is 28.2. The molecule has 0 fully saturated rings. The molecule has 0 radical (unpaired) electrons. The van der Waals surface area contributed by atoms with Gasteiger partial charge >= 0.3 is 0 Å². The fraction of sp³-hybridized carbons (Fsp3) is 0. The molecule has 2 aliphatic rings. The smallest absolute Gasteiger partial charge is 0.252 e. The minimum absolute atomic E-state index is 0.0322. The molecule has 0 amide bonds. The van der Waals surface area contributed by atoms with Crippen molar-refractivity contribution in [2.24, 2.45) is 0 Å². The van der Waals surface area contributed by atoms with Gasteiger partial charge < -0.3 is 14.4 Å². The molecule has 112 heavy (non-hydrogen) atoms. The zero-order valence-electron chi connectivity index (χ0n) is 60.4. The number of benzene rings is 15. The molecule has 4 aromatic heterocycles. The highest BCUT2D eigenvalue weighted by molar-refractivity contribution is 7.00. The Hall–Kier alpha value is -15.1. The minimum Gasteiger partial charge on any atom is -0.311 e. The van der Waals surface area contributed by atoms with Crippen LogP contribution in [0.3, 0.4) is 0 Å². The number of hydrogen-bond donors (Lipinski definition) is 0. The molecule has 522 valence electrons. The SMILES string of the molecule is c1ccc(-c2cc(-c3ccccc3)nc(-c3ccc(-n4c5ccc(-c6nc(-c7ccccc7)nc(-c7ccccc7)n6)cc5c5cc(-c6nc(-c7ccccc7)nc(-c7ccccc7)n6)ccc54)c(-c4ccc(-c5cccc(N6c7ccccc7B7c8ccccc8N(c8ccccc8)c8cccc6c87)c5)cc4)c3)n2)cc1. The maximum atomic E-state index is 5.42. The Morgan fingerprint density at radius 1 is 0.196 bits per heavy atom. The quantitative estimate of drug-likeness (QED) is 0.0975. The molecule has 0 atom stereocenters. The van der Waals surface area contributed by atoms with Crippen molar-refractivity contribution in [2.45, 2.75) is 0 Å². The lowest BCUT2D eigenvalue weighted by Crippen LogP contribution is -2.61. The third-order valence-electron chi connectivity index (χ3n) is 21.5. The van der Waals surface area contributed by atoms with E-state index in [1.54, 1.807) is 0 Å². The first-order valence-corrected chi connectivity index (χ1v) is 37.7. The van der Waals surface area contributed by atoms with Crippen LogP contribution in [-0.2, 0) is 0 Å². The summed E-state index contributed by atoms with van der Waals surface area (Å²) in [7, 11) is 0. The van der Waals surface area contributed by atoms with Gasteiger partial charge in [-0.15, -0.1) is 0 Å². The first-order valence-electron chi connectivity index (χ1n) is 37.7. The Morgan fingerprint density at radius 2 is 0.527 bits per heavy atom. The van der Waals surface area contributed by atoms with Gasteiger partial charge in [-0.05, 0) is 142 Å². The number of nitrogens with zero attached hydrogens (tertiary/aromatic N) is 11. The summed E-state index contributed by atoms with van der Waals surface area (Å²) < 4.78 is 2.39. The highest BCUT2D eigenvalue weighted by atomic mass is 15.2. The lowest BCUT2D eigenvalue weighted by molar-refractivity contribution is 1.07. The van der Waals surface area contributed by atoms with Crippen molar-refractivity contribution in [3.8, 4) is 130 Å². The van der Waals surface area contributed by atoms with Gasteiger partial charge in [-0.1, -0.05) is 279 Å². The second-order valence-electron chi connectivity index (χ2n) is 28.2. The molecule has 0 N–H and O–H groups in total. The molecule has 21 rings (SSSR count). The van der Waals surface area contributed by atoms with Crippen molar-refractivity contribution < 1.29 is 0 Å². The molecule has 0 bridgehead atoms. The molecule has 6 heterocycles. The summed E-state index contributed by atoms with van der Waals surface area (Å²) in [4.78, 5) is 47.0. The van der Waals surface area contributed by atoms with Crippen LogP contribution in [0.2, 0.25) is 0 Å². The van der Waals surface area contributed by atoms with E-state index in [1.165, 1.54) is 27.8 Å². The lowest BCUT2D eigenvalue weighted by atomic mass is 9.33. The van der Waals surface area contributed by atoms with Crippen LogP contribution in [0.1, 0.15) is 0 Å². The van der Waals surface area contributed by atoms with Crippen molar-refractivity contribution in [1.82, 2.24) is 44.4 Å². The predicted molar refractivity (Wildman–Crippen MR) is 457 cm³/mol. The van der Waals surface area contributed by atoms with E-state index in [1.807, 2.05) is 133 Å². The van der Waals surface area contributed by atoms with Crippen molar-refractivity contribution in [2.75, 3.05) is 9.80 Å². The van der Waals surface area contributed by atoms with E-state index in [2.05, 4.69) is 269 Å². The molecule has 19 aromatic rings. The van der Waals surface area contributed by atoms with Crippen molar-refractivity contribution in [1.29, 1.82) is 0 Å². The van der Waals surface area contributed by atoms with Gasteiger partial charge in [0.1, 0.15) is 0 Å². The molecular weight excluding hydrogens is 1370 g/mol. The van der Waals surface area contributed by atoms with E-state index in [0.717, 1.165) is 134 Å². The lowest BCUT2D eigenvalue weighted by Gasteiger charge is -2.44. The van der Waals surface area contributed by atoms with Crippen molar-refractivity contribution in [3.63, 3.8) is 0 Å². The molecule has 15 aromatic carbocycles. The molecular formula is C100H64BN11. The Kier molecular flexibility index (Phi) is 16.1. The van der Waals surface area contributed by atoms with Crippen LogP contribution < -0.4 is 26.2 Å². The maximum Gasteiger partial charge on any atom is 0.252 e. The maximum absolute atomic E-state index is 5.42. The van der Waals surface area contributed by atoms with E-state index in [9.17, 15) is 0 Å². The number of aromatic nitrogens is 9. The Labute approximate surface area is 647 Å². The molecule has 0 unspecified atom stereocenters. The summed E-state index contributed by atoms with van der Waals surface area (Å²) >= 11 is 0. The Bertz CT molecular complexity index is 6450. The van der Waals surface area contributed by atoms with Crippen molar-refractivity contribution >= 4 is 79.0 Å². The number of rotatable bonds is 14. The van der Waals surface area contributed by atoms with Crippen LogP contribution in [0.25, 0.3) is 152 Å². The second kappa shape index (κ2) is 27.6. The molecule has 0 saturated carbocycles. The first-order chi connectivity index (χ1) is 55.5. The summed E-state index contributed by atoms with van der Waals surface area (Å²) in [6.07, 6.45) is 0. The molecule has 0 saturated heterocycles. The zero-order chi connectivity index (χ0) is 74.0. The van der Waals surface area contributed by atoms with E-state index >= 15 is 0 Å². The topological polar surface area (TPSA) is 115 Å². The van der Waals surface area contributed by atoms with Gasteiger partial charge in [-0.25, -0.2) is 39.9 Å². The number of fused-ring (bicyclic) bond motifs is 7.